The summed E-state index contributed by atoms with van der Waals surface area (Å²) < 4.78 is 0. The fourth-order valence-electron chi connectivity index (χ4n) is 3.26. The SMILES string of the molecule is CC(C)(C)NC(P)=NCCCCCN=C(NC(C)(C)C)P(c1ccccc1)c1ccccc1. The third-order valence-electron chi connectivity index (χ3n) is 4.59. The van der Waals surface area contributed by atoms with Crippen LogP contribution in [0.4, 0.5) is 0 Å². The molecule has 6 heteroatoms. The third-order valence-corrected chi connectivity index (χ3v) is 7.22. The van der Waals surface area contributed by atoms with Crippen molar-refractivity contribution in [2.75, 3.05) is 13.1 Å². The van der Waals surface area contributed by atoms with Crippen molar-refractivity contribution in [2.45, 2.75) is 71.9 Å². The highest BCUT2D eigenvalue weighted by atomic mass is 31.1. The van der Waals surface area contributed by atoms with Crippen LogP contribution in [0.3, 0.4) is 0 Å². The van der Waals surface area contributed by atoms with Crippen LogP contribution in [0, 0.1) is 0 Å². The van der Waals surface area contributed by atoms with Gasteiger partial charge in [0.2, 0.25) is 0 Å². The minimum Gasteiger partial charge on any atom is -0.366 e. The van der Waals surface area contributed by atoms with Crippen molar-refractivity contribution in [3.63, 3.8) is 0 Å². The van der Waals surface area contributed by atoms with Crippen molar-refractivity contribution < 1.29 is 0 Å². The molecule has 0 bridgehead atoms. The molecular weight excluding hydrogens is 442 g/mol. The maximum Gasteiger partial charge on any atom is 0.129 e. The van der Waals surface area contributed by atoms with Gasteiger partial charge in [0.25, 0.3) is 0 Å². The Morgan fingerprint density at radius 1 is 0.697 bits per heavy atom. The van der Waals surface area contributed by atoms with Gasteiger partial charge in [-0.25, -0.2) is 0 Å². The summed E-state index contributed by atoms with van der Waals surface area (Å²) in [4.78, 5) is 9.75. The second-order valence-electron chi connectivity index (χ2n) is 10.3. The average Bonchev–Trinajstić information content (AvgIpc) is 2.72. The number of unbranched alkanes of at least 4 members (excludes halogenated alkanes) is 2. The molecule has 1 unspecified atom stereocenters. The quantitative estimate of drug-likeness (QED) is 0.209. The molecule has 0 saturated heterocycles. The van der Waals surface area contributed by atoms with Gasteiger partial charge in [-0.1, -0.05) is 69.9 Å². The first-order chi connectivity index (χ1) is 15.6. The molecular formula is C27H42N4P2. The zero-order chi connectivity index (χ0) is 24.3. The Balaban J connectivity index is 2.07. The highest BCUT2D eigenvalue weighted by molar-refractivity contribution is 7.88. The number of hydrogen-bond donors (Lipinski definition) is 2. The van der Waals surface area contributed by atoms with E-state index in [0.29, 0.717) is 0 Å². The first-order valence-corrected chi connectivity index (χ1v) is 13.8. The van der Waals surface area contributed by atoms with Crippen LogP contribution in [-0.2, 0) is 0 Å². The third kappa shape index (κ3) is 11.3. The van der Waals surface area contributed by atoms with Gasteiger partial charge in [-0.15, -0.1) is 0 Å². The fourth-order valence-corrected chi connectivity index (χ4v) is 6.24. The number of benzene rings is 2. The van der Waals surface area contributed by atoms with Crippen molar-refractivity contribution in [3.05, 3.63) is 60.7 Å². The Morgan fingerprint density at radius 3 is 1.61 bits per heavy atom. The molecule has 0 heterocycles. The van der Waals surface area contributed by atoms with Gasteiger partial charge < -0.3 is 10.6 Å². The van der Waals surface area contributed by atoms with E-state index in [-0.39, 0.29) is 11.1 Å². The van der Waals surface area contributed by atoms with E-state index < -0.39 is 7.92 Å². The average molecular weight is 485 g/mol. The van der Waals surface area contributed by atoms with E-state index in [9.17, 15) is 0 Å². The molecule has 2 aromatic carbocycles. The van der Waals surface area contributed by atoms with E-state index in [1.165, 1.54) is 10.6 Å². The predicted octanol–water partition coefficient (Wildman–Crippen LogP) is 5.65. The first kappa shape index (κ1) is 27.5. The molecule has 33 heavy (non-hydrogen) atoms. The molecule has 2 aromatic rings. The maximum atomic E-state index is 5.13. The fraction of sp³-hybridized carbons (Fsp3) is 0.481. The highest BCUT2D eigenvalue weighted by Gasteiger charge is 2.24. The first-order valence-electron chi connectivity index (χ1n) is 11.9. The summed E-state index contributed by atoms with van der Waals surface area (Å²) in [5.41, 5.74) is 2.04. The van der Waals surface area contributed by atoms with Crippen molar-refractivity contribution in [1.82, 2.24) is 10.6 Å². The molecule has 0 aliphatic heterocycles. The van der Waals surface area contributed by atoms with Crippen molar-refractivity contribution in [1.29, 1.82) is 0 Å². The van der Waals surface area contributed by atoms with Gasteiger partial charge in [-0.05, 0) is 71.4 Å². The summed E-state index contributed by atoms with van der Waals surface area (Å²) in [6.07, 6.45) is 3.27. The molecule has 0 aliphatic carbocycles. The van der Waals surface area contributed by atoms with Gasteiger partial charge >= 0.3 is 0 Å². The van der Waals surface area contributed by atoms with Crippen LogP contribution >= 0.6 is 17.2 Å². The number of nitrogens with one attached hydrogen (secondary N) is 2. The molecule has 0 amide bonds. The Morgan fingerprint density at radius 2 is 1.15 bits per heavy atom. The lowest BCUT2D eigenvalue weighted by atomic mass is 10.1. The molecule has 0 spiro atoms. The van der Waals surface area contributed by atoms with Crippen LogP contribution in [-0.4, -0.2) is 35.3 Å². The summed E-state index contributed by atoms with van der Waals surface area (Å²) in [6.45, 7) is 14.7. The molecule has 0 aliphatic rings. The van der Waals surface area contributed by atoms with Crippen LogP contribution < -0.4 is 21.2 Å². The Labute approximate surface area is 205 Å². The lowest BCUT2D eigenvalue weighted by molar-refractivity contribution is 0.514. The molecule has 0 saturated carbocycles. The highest BCUT2D eigenvalue weighted by Crippen LogP contribution is 2.35. The minimum absolute atomic E-state index is 0.0433. The van der Waals surface area contributed by atoms with Crippen molar-refractivity contribution >= 4 is 38.9 Å². The van der Waals surface area contributed by atoms with E-state index in [1.807, 2.05) is 0 Å². The Bertz CT molecular complexity index is 842. The van der Waals surface area contributed by atoms with Crippen LogP contribution in [0.15, 0.2) is 70.6 Å². The monoisotopic (exact) mass is 484 g/mol. The zero-order valence-electron chi connectivity index (χ0n) is 21.2. The number of aliphatic imine (C=N–C) groups is 2. The summed E-state index contributed by atoms with van der Waals surface area (Å²) in [6, 6.07) is 21.5. The molecule has 0 aromatic heterocycles. The van der Waals surface area contributed by atoms with Gasteiger partial charge in [-0.2, -0.15) is 0 Å². The number of nitrogens with zero attached hydrogens (tertiary/aromatic N) is 2. The molecule has 0 fully saturated rings. The van der Waals surface area contributed by atoms with E-state index in [4.69, 9.17) is 4.99 Å². The molecule has 2 rings (SSSR count). The number of rotatable bonds is 9. The van der Waals surface area contributed by atoms with Gasteiger partial charge in [0.05, 0.1) is 0 Å². The summed E-state index contributed by atoms with van der Waals surface area (Å²) >= 11 is 0. The van der Waals surface area contributed by atoms with Crippen LogP contribution in [0.1, 0.15) is 60.8 Å². The molecule has 0 radical (unpaired) electrons. The predicted molar refractivity (Wildman–Crippen MR) is 153 cm³/mol. The van der Waals surface area contributed by atoms with Crippen LogP contribution in [0.25, 0.3) is 0 Å². The van der Waals surface area contributed by atoms with Crippen LogP contribution in [0.5, 0.6) is 0 Å². The van der Waals surface area contributed by atoms with Gasteiger partial charge in [0.1, 0.15) is 11.2 Å². The molecule has 4 nitrogen and oxygen atoms in total. The molecule has 2 N–H and O–H groups in total. The van der Waals surface area contributed by atoms with Crippen molar-refractivity contribution in [3.8, 4) is 0 Å². The smallest absolute Gasteiger partial charge is 0.129 e. The van der Waals surface area contributed by atoms with Crippen molar-refractivity contribution in [2.24, 2.45) is 9.98 Å². The zero-order valence-corrected chi connectivity index (χ0v) is 23.3. The van der Waals surface area contributed by atoms with E-state index >= 15 is 0 Å². The Hall–Kier alpha value is -1.76. The molecule has 180 valence electrons. The van der Waals surface area contributed by atoms with E-state index in [2.05, 4.69) is 127 Å². The normalized spacial score (nSPS) is 13.3. The van der Waals surface area contributed by atoms with Gasteiger partial charge in [0, 0.05) is 32.1 Å². The van der Waals surface area contributed by atoms with E-state index in [0.717, 1.165) is 43.5 Å². The van der Waals surface area contributed by atoms with Crippen LogP contribution in [0.2, 0.25) is 0 Å². The standard InChI is InChI=1S/C27H42N4P2/c1-26(2,3)30-24(32)28-20-14-9-15-21-29-25(31-27(4,5)6)33(22-16-10-7-11-17-22)23-18-12-8-13-19-23/h7-8,10-13,16-19H,9,14-15,20-21,32H2,1-6H3,(H,28,30)(H,29,31). The maximum absolute atomic E-state index is 5.13. The summed E-state index contributed by atoms with van der Waals surface area (Å²) in [5.74, 6) is 0. The lowest BCUT2D eigenvalue weighted by Crippen LogP contribution is -2.42. The largest absolute Gasteiger partial charge is 0.366 e. The summed E-state index contributed by atoms with van der Waals surface area (Å²) in [7, 11) is 1.98. The van der Waals surface area contributed by atoms with Gasteiger partial charge in [-0.3, -0.25) is 9.98 Å². The Kier molecular flexibility index (Phi) is 11.0. The van der Waals surface area contributed by atoms with Gasteiger partial charge in [0.15, 0.2) is 0 Å². The minimum atomic E-state index is -0.722. The second kappa shape index (κ2) is 13.2. The summed E-state index contributed by atoms with van der Waals surface area (Å²) in [5, 5.41) is 9.77. The lowest BCUT2D eigenvalue weighted by Gasteiger charge is -2.29. The molecule has 1 atom stereocenters. The van der Waals surface area contributed by atoms with E-state index in [1.54, 1.807) is 0 Å². The number of amidine groups is 2. The number of hydrogen-bond acceptors (Lipinski definition) is 2. The second-order valence-corrected chi connectivity index (χ2v) is 13.0. The topological polar surface area (TPSA) is 48.8 Å².